The van der Waals surface area contributed by atoms with Crippen LogP contribution in [0.1, 0.15) is 6.92 Å². The van der Waals surface area contributed by atoms with Crippen LogP contribution < -0.4 is 10.9 Å². The first-order chi connectivity index (χ1) is 16.2. The van der Waals surface area contributed by atoms with Crippen LogP contribution >= 0.6 is 11.6 Å². The Bertz CT molecular complexity index is 1750. The van der Waals surface area contributed by atoms with Gasteiger partial charge in [-0.2, -0.15) is 0 Å². The zero-order valence-electron chi connectivity index (χ0n) is 18.1. The van der Waals surface area contributed by atoms with Crippen molar-refractivity contribution in [3.8, 4) is 11.3 Å². The number of benzene rings is 1. The van der Waals surface area contributed by atoms with E-state index in [0.717, 1.165) is 3.97 Å². The third-order valence-electron chi connectivity index (χ3n) is 5.64. The van der Waals surface area contributed by atoms with Crippen molar-refractivity contribution < 1.29 is 12.8 Å². The Balaban J connectivity index is 1.83. The van der Waals surface area contributed by atoms with Crippen LogP contribution in [0.15, 0.2) is 59.8 Å². The fraction of sp³-hybridized carbons (Fsp3) is 0.130. The van der Waals surface area contributed by atoms with Gasteiger partial charge in [0.15, 0.2) is 5.65 Å². The normalized spacial score (nSPS) is 12.0. The van der Waals surface area contributed by atoms with Gasteiger partial charge in [0.25, 0.3) is 5.56 Å². The monoisotopic (exact) mass is 499 g/mol. The van der Waals surface area contributed by atoms with Gasteiger partial charge in [-0.1, -0.05) is 11.6 Å². The molecule has 0 unspecified atom stereocenters. The summed E-state index contributed by atoms with van der Waals surface area (Å²) in [7, 11) is -2.00. The van der Waals surface area contributed by atoms with E-state index < -0.39 is 15.8 Å². The molecule has 0 aliphatic carbocycles. The molecule has 0 aliphatic heterocycles. The Morgan fingerprint density at radius 1 is 1.18 bits per heavy atom. The lowest BCUT2D eigenvalue weighted by Gasteiger charge is -2.15. The van der Waals surface area contributed by atoms with Gasteiger partial charge in [-0.05, 0) is 43.3 Å². The Hall–Kier alpha value is -3.63. The molecule has 0 bridgehead atoms. The third kappa shape index (κ3) is 3.55. The van der Waals surface area contributed by atoms with Gasteiger partial charge in [-0.3, -0.25) is 4.79 Å². The minimum Gasteiger partial charge on any atom is -0.357 e. The summed E-state index contributed by atoms with van der Waals surface area (Å²) in [5.41, 5.74) is 1.91. The summed E-state index contributed by atoms with van der Waals surface area (Å²) in [5.74, 6) is -0.664. The summed E-state index contributed by atoms with van der Waals surface area (Å²) in [6.07, 6.45) is 4.71. The summed E-state index contributed by atoms with van der Waals surface area (Å²) < 4.78 is 42.4. The third-order valence-corrected chi connectivity index (χ3v) is 7.50. The van der Waals surface area contributed by atoms with E-state index in [1.165, 1.54) is 22.9 Å². The minimum absolute atomic E-state index is 0.105. The first kappa shape index (κ1) is 22.2. The highest BCUT2D eigenvalue weighted by molar-refractivity contribution is 7.90. The number of H-pyrrole nitrogens is 1. The van der Waals surface area contributed by atoms with E-state index in [-0.39, 0.29) is 27.7 Å². The number of hydrogen-bond acceptors (Lipinski definition) is 5. The number of aromatic nitrogens is 4. The average Bonchev–Trinajstić information content (AvgIpc) is 3.45. The van der Waals surface area contributed by atoms with Gasteiger partial charge in [0, 0.05) is 47.0 Å². The molecular weight excluding hydrogens is 481 g/mol. The number of pyridine rings is 2. The van der Waals surface area contributed by atoms with Crippen LogP contribution in [-0.4, -0.2) is 32.7 Å². The molecule has 0 atom stereocenters. The quantitative estimate of drug-likeness (QED) is 0.367. The molecule has 8 nitrogen and oxygen atoms in total. The van der Waals surface area contributed by atoms with Crippen molar-refractivity contribution in [2.24, 2.45) is 7.05 Å². The maximum absolute atomic E-state index is 14.6. The highest BCUT2D eigenvalue weighted by Gasteiger charge is 2.21. The van der Waals surface area contributed by atoms with Gasteiger partial charge in [0.1, 0.15) is 11.3 Å². The van der Waals surface area contributed by atoms with Gasteiger partial charge in [0.2, 0.25) is 10.0 Å². The van der Waals surface area contributed by atoms with Gasteiger partial charge < -0.3 is 14.9 Å². The largest absolute Gasteiger partial charge is 0.357 e. The van der Waals surface area contributed by atoms with E-state index in [0.29, 0.717) is 33.2 Å². The van der Waals surface area contributed by atoms with E-state index in [2.05, 4.69) is 10.3 Å². The predicted octanol–water partition coefficient (Wildman–Crippen LogP) is 4.62. The molecule has 0 saturated carbocycles. The summed E-state index contributed by atoms with van der Waals surface area (Å²) in [6.45, 7) is 1.55. The Kier molecular flexibility index (Phi) is 5.22. The molecule has 2 N–H and O–H groups in total. The molecule has 174 valence electrons. The topological polar surface area (TPSA) is 102 Å². The second-order valence-electron chi connectivity index (χ2n) is 7.78. The molecule has 5 rings (SSSR count). The van der Waals surface area contributed by atoms with Gasteiger partial charge >= 0.3 is 0 Å². The summed E-state index contributed by atoms with van der Waals surface area (Å²) in [6, 6.07) is 9.33. The van der Waals surface area contributed by atoms with Crippen molar-refractivity contribution >= 4 is 54.9 Å². The summed E-state index contributed by atoms with van der Waals surface area (Å²) >= 11 is 5.89. The van der Waals surface area contributed by atoms with Crippen LogP contribution in [-0.2, 0) is 17.1 Å². The van der Waals surface area contributed by atoms with E-state index in [4.69, 9.17) is 16.6 Å². The molecule has 4 heterocycles. The highest BCUT2D eigenvalue weighted by atomic mass is 35.5. The number of aromatic amines is 1. The number of rotatable bonds is 5. The first-order valence-corrected chi connectivity index (χ1v) is 12.3. The van der Waals surface area contributed by atoms with Gasteiger partial charge in [-0.25, -0.2) is 21.8 Å². The van der Waals surface area contributed by atoms with Crippen molar-refractivity contribution in [1.29, 1.82) is 0 Å². The van der Waals surface area contributed by atoms with Crippen LogP contribution in [0.5, 0.6) is 0 Å². The van der Waals surface area contributed by atoms with Crippen LogP contribution in [0.3, 0.4) is 0 Å². The molecule has 11 heteroatoms. The molecule has 4 aromatic heterocycles. The maximum Gasteiger partial charge on any atom is 0.274 e. The fourth-order valence-corrected chi connectivity index (χ4v) is 4.99. The van der Waals surface area contributed by atoms with Crippen LogP contribution in [0, 0.1) is 5.82 Å². The zero-order chi connectivity index (χ0) is 24.2. The number of fused-ring (bicyclic) bond motifs is 2. The molecule has 1 aromatic carbocycles. The molecule has 5 aromatic rings. The molecule has 0 saturated heterocycles. The number of hydrogen-bond donors (Lipinski definition) is 2. The number of nitrogens with one attached hydrogen (secondary N) is 2. The number of anilines is 2. The summed E-state index contributed by atoms with van der Waals surface area (Å²) in [5, 5.41) is 4.47. The van der Waals surface area contributed by atoms with Crippen LogP contribution in [0.25, 0.3) is 33.2 Å². The van der Waals surface area contributed by atoms with Crippen molar-refractivity contribution in [3.05, 3.63) is 76.2 Å². The van der Waals surface area contributed by atoms with Gasteiger partial charge in [0.05, 0.1) is 22.8 Å². The van der Waals surface area contributed by atoms with Crippen LogP contribution in [0.4, 0.5) is 15.8 Å². The van der Waals surface area contributed by atoms with Crippen LogP contribution in [0.2, 0.25) is 5.02 Å². The van der Waals surface area contributed by atoms with Crippen molar-refractivity contribution in [2.75, 3.05) is 11.1 Å². The standard InChI is InChI=1S/C23H19ClFN5O3S/c1-3-34(32,33)30-9-7-13-10-19(27-18-5-4-14(24)11-17(18)25)20(28-22(13)30)16-12-29(2)23(31)21-15(16)6-8-26-21/h4-12,26-27H,3H2,1-2H3. The number of aryl methyl sites for hydroxylation is 1. The molecular formula is C23H19ClFN5O3S. The van der Waals surface area contributed by atoms with E-state index in [1.807, 2.05) is 0 Å². The molecule has 34 heavy (non-hydrogen) atoms. The second-order valence-corrected chi connectivity index (χ2v) is 10.4. The number of halogens is 2. The Labute approximate surface area is 198 Å². The number of nitrogens with zero attached hydrogens (tertiary/aromatic N) is 3. The first-order valence-electron chi connectivity index (χ1n) is 10.3. The average molecular weight is 500 g/mol. The molecule has 0 amide bonds. The van der Waals surface area contributed by atoms with Crippen molar-refractivity contribution in [2.45, 2.75) is 6.92 Å². The minimum atomic E-state index is -3.61. The van der Waals surface area contributed by atoms with Crippen molar-refractivity contribution in [3.63, 3.8) is 0 Å². The molecule has 0 aliphatic rings. The SMILES string of the molecule is CCS(=O)(=O)n1ccc2cc(Nc3ccc(Cl)cc3F)c(-c3cn(C)c(=O)c4[nH]ccc34)nc21. The van der Waals surface area contributed by atoms with Gasteiger partial charge in [-0.15, -0.1) is 0 Å². The smallest absolute Gasteiger partial charge is 0.274 e. The lowest BCUT2D eigenvalue weighted by molar-refractivity contribution is 0.590. The lowest BCUT2D eigenvalue weighted by Crippen LogP contribution is -2.17. The van der Waals surface area contributed by atoms with Crippen molar-refractivity contribution in [1.82, 2.24) is 18.5 Å². The second kappa shape index (κ2) is 8.00. The molecule has 0 fully saturated rings. The zero-order valence-corrected chi connectivity index (χ0v) is 19.7. The summed E-state index contributed by atoms with van der Waals surface area (Å²) in [4.78, 5) is 20.2. The maximum atomic E-state index is 14.6. The lowest BCUT2D eigenvalue weighted by atomic mass is 10.1. The van der Waals surface area contributed by atoms with E-state index in [1.54, 1.807) is 50.6 Å². The highest BCUT2D eigenvalue weighted by Crippen LogP contribution is 2.36. The molecule has 0 radical (unpaired) electrons. The van der Waals surface area contributed by atoms with E-state index in [9.17, 15) is 17.6 Å². The Morgan fingerprint density at radius 3 is 2.71 bits per heavy atom. The molecule has 0 spiro atoms. The van der Waals surface area contributed by atoms with E-state index >= 15 is 0 Å². The fourth-order valence-electron chi connectivity index (χ4n) is 3.89. The Morgan fingerprint density at radius 2 is 1.97 bits per heavy atom. The predicted molar refractivity (Wildman–Crippen MR) is 132 cm³/mol.